The molecule has 2 aromatic rings. The number of rotatable bonds is 15. The summed E-state index contributed by atoms with van der Waals surface area (Å²) in [6.45, 7) is 0.514. The lowest BCUT2D eigenvalue weighted by Crippen LogP contribution is -2.52. The van der Waals surface area contributed by atoms with Crippen LogP contribution in [0.1, 0.15) is 31.2 Å². The minimum atomic E-state index is -0.960. The van der Waals surface area contributed by atoms with E-state index in [0.717, 1.165) is 5.56 Å². The lowest BCUT2D eigenvalue weighted by atomic mass is 10.0. The highest BCUT2D eigenvalue weighted by atomic mass is 16.4. The van der Waals surface area contributed by atoms with E-state index in [1.807, 2.05) is 36.4 Å². The fourth-order valence-corrected chi connectivity index (χ4v) is 3.46. The second-order valence-electron chi connectivity index (χ2n) is 8.07. The largest absolute Gasteiger partial charge is 0.481 e. The first-order chi connectivity index (χ1) is 16.8. The Balaban J connectivity index is 2.07. The van der Waals surface area contributed by atoms with E-state index in [0.29, 0.717) is 37.9 Å². The van der Waals surface area contributed by atoms with Gasteiger partial charge in [0.25, 0.3) is 0 Å². The van der Waals surface area contributed by atoms with Crippen molar-refractivity contribution in [2.75, 3.05) is 18.4 Å². The highest BCUT2D eigenvalue weighted by Gasteiger charge is 2.25. The Bertz CT molecular complexity index is 955. The van der Waals surface area contributed by atoms with Gasteiger partial charge in [0, 0.05) is 18.8 Å². The van der Waals surface area contributed by atoms with Crippen molar-refractivity contribution in [3.05, 3.63) is 66.2 Å². The quantitative estimate of drug-likeness (QED) is 0.114. The normalized spacial score (nSPS) is 12.2. The lowest BCUT2D eigenvalue weighted by Gasteiger charge is -2.23. The van der Waals surface area contributed by atoms with Gasteiger partial charge in [-0.05, 0) is 43.4 Å². The minimum Gasteiger partial charge on any atom is -0.481 e. The van der Waals surface area contributed by atoms with E-state index >= 15 is 0 Å². The maximum atomic E-state index is 13.2. The van der Waals surface area contributed by atoms with Gasteiger partial charge in [-0.1, -0.05) is 48.5 Å². The van der Waals surface area contributed by atoms with Crippen molar-refractivity contribution in [2.24, 2.45) is 5.73 Å². The van der Waals surface area contributed by atoms with Crippen LogP contribution in [0.3, 0.4) is 0 Å². The molecular formula is C25H34N6O4. The van der Waals surface area contributed by atoms with Crippen LogP contribution in [-0.4, -0.2) is 54.0 Å². The maximum absolute atomic E-state index is 13.2. The molecule has 0 aliphatic carbocycles. The number of carbonyl (C=O) groups excluding carboxylic acids is 2. The van der Waals surface area contributed by atoms with Gasteiger partial charge in [0.1, 0.15) is 6.04 Å². The van der Waals surface area contributed by atoms with Gasteiger partial charge in [0.15, 0.2) is 5.96 Å². The third-order valence-electron chi connectivity index (χ3n) is 5.27. The minimum absolute atomic E-state index is 0.121. The average molecular weight is 483 g/mol. The monoisotopic (exact) mass is 482 g/mol. The number of guanidine groups is 1. The van der Waals surface area contributed by atoms with E-state index in [-0.39, 0.29) is 30.7 Å². The van der Waals surface area contributed by atoms with Gasteiger partial charge in [0.2, 0.25) is 11.8 Å². The molecule has 0 unspecified atom stereocenters. The summed E-state index contributed by atoms with van der Waals surface area (Å²) in [7, 11) is 0. The SMILES string of the molecule is N=C(N)NCCC[C@H](NC(=O)[C@@H](CCc1ccccc1)NCCC(=O)O)C(=O)Nc1ccccc1. The van der Waals surface area contributed by atoms with Crippen molar-refractivity contribution in [3.8, 4) is 0 Å². The summed E-state index contributed by atoms with van der Waals surface area (Å²) >= 11 is 0. The molecule has 188 valence electrons. The zero-order chi connectivity index (χ0) is 25.5. The number of hydrogen-bond donors (Lipinski definition) is 7. The van der Waals surface area contributed by atoms with E-state index < -0.39 is 18.1 Å². The van der Waals surface area contributed by atoms with Crippen LogP contribution in [-0.2, 0) is 20.8 Å². The van der Waals surface area contributed by atoms with E-state index in [1.165, 1.54) is 0 Å². The van der Waals surface area contributed by atoms with Crippen LogP contribution in [0.5, 0.6) is 0 Å². The molecule has 0 aliphatic rings. The molecule has 0 heterocycles. The molecular weight excluding hydrogens is 448 g/mol. The number of aliphatic carboxylic acids is 1. The predicted molar refractivity (Wildman–Crippen MR) is 135 cm³/mol. The van der Waals surface area contributed by atoms with Crippen molar-refractivity contribution in [2.45, 2.75) is 44.2 Å². The van der Waals surface area contributed by atoms with E-state index in [4.69, 9.17) is 16.2 Å². The summed E-state index contributed by atoms with van der Waals surface area (Å²) in [4.78, 5) is 37.1. The van der Waals surface area contributed by atoms with Crippen LogP contribution in [0.4, 0.5) is 5.69 Å². The molecule has 0 radical (unpaired) electrons. The topological polar surface area (TPSA) is 169 Å². The summed E-state index contributed by atoms with van der Waals surface area (Å²) in [5.41, 5.74) is 6.98. The Kier molecular flexibility index (Phi) is 11.8. The first-order valence-electron chi connectivity index (χ1n) is 11.6. The number of anilines is 1. The van der Waals surface area contributed by atoms with Gasteiger partial charge in [-0.2, -0.15) is 0 Å². The smallest absolute Gasteiger partial charge is 0.304 e. The number of aryl methyl sites for hydroxylation is 1. The van der Waals surface area contributed by atoms with Crippen molar-refractivity contribution in [1.82, 2.24) is 16.0 Å². The molecule has 0 saturated heterocycles. The first kappa shape index (κ1) is 27.3. The molecule has 35 heavy (non-hydrogen) atoms. The summed E-state index contributed by atoms with van der Waals surface area (Å²) in [5, 5.41) is 27.6. The lowest BCUT2D eigenvalue weighted by molar-refractivity contribution is -0.137. The number of benzene rings is 2. The van der Waals surface area contributed by atoms with Crippen LogP contribution in [0.15, 0.2) is 60.7 Å². The molecule has 8 N–H and O–H groups in total. The fraction of sp³-hybridized carbons (Fsp3) is 0.360. The third kappa shape index (κ3) is 11.2. The van der Waals surface area contributed by atoms with Crippen LogP contribution < -0.4 is 27.0 Å². The van der Waals surface area contributed by atoms with Gasteiger partial charge in [0.05, 0.1) is 12.5 Å². The van der Waals surface area contributed by atoms with Crippen molar-refractivity contribution >= 4 is 29.4 Å². The molecule has 2 amide bonds. The molecule has 10 nitrogen and oxygen atoms in total. The molecule has 10 heteroatoms. The Morgan fingerprint density at radius 2 is 1.54 bits per heavy atom. The Morgan fingerprint density at radius 3 is 2.17 bits per heavy atom. The predicted octanol–water partition coefficient (Wildman–Crippen LogP) is 1.44. The second kappa shape index (κ2) is 15.1. The molecule has 0 aromatic heterocycles. The maximum Gasteiger partial charge on any atom is 0.304 e. The van der Waals surface area contributed by atoms with Crippen molar-refractivity contribution in [3.63, 3.8) is 0 Å². The van der Waals surface area contributed by atoms with Crippen LogP contribution >= 0.6 is 0 Å². The average Bonchev–Trinajstić information content (AvgIpc) is 2.83. The highest BCUT2D eigenvalue weighted by Crippen LogP contribution is 2.10. The number of carboxylic acids is 1. The van der Waals surface area contributed by atoms with Crippen LogP contribution in [0.2, 0.25) is 0 Å². The first-order valence-corrected chi connectivity index (χ1v) is 11.6. The van der Waals surface area contributed by atoms with Crippen molar-refractivity contribution in [1.29, 1.82) is 5.41 Å². The molecule has 2 aromatic carbocycles. The summed E-state index contributed by atoms with van der Waals surface area (Å²) < 4.78 is 0. The molecule has 0 aliphatic heterocycles. The molecule has 0 fully saturated rings. The third-order valence-corrected chi connectivity index (χ3v) is 5.27. The standard InChI is InChI=1S/C25H34N6O4/c26-25(27)29-16-7-12-21(24(35)30-19-10-5-2-6-11-19)31-23(34)20(28-17-15-22(32)33)14-13-18-8-3-1-4-9-18/h1-6,8-11,20-21,28H,7,12-17H2,(H,30,35)(H,31,34)(H,32,33)(H4,26,27,29)/t20-,21+/m1/s1. The van der Waals surface area contributed by atoms with Gasteiger partial charge in [-0.25, -0.2) is 0 Å². The number of carboxylic acid groups (broad SMARTS) is 1. The number of para-hydroxylation sites is 1. The van der Waals surface area contributed by atoms with Gasteiger partial charge in [-0.3, -0.25) is 19.8 Å². The van der Waals surface area contributed by atoms with Gasteiger partial charge < -0.3 is 32.1 Å². The zero-order valence-corrected chi connectivity index (χ0v) is 19.6. The van der Waals surface area contributed by atoms with Gasteiger partial charge >= 0.3 is 5.97 Å². The molecule has 0 saturated carbocycles. The van der Waals surface area contributed by atoms with Crippen LogP contribution in [0.25, 0.3) is 0 Å². The summed E-state index contributed by atoms with van der Waals surface area (Å²) in [6.07, 6.45) is 1.75. The van der Waals surface area contributed by atoms with Crippen LogP contribution in [0, 0.1) is 5.41 Å². The number of hydrogen-bond acceptors (Lipinski definition) is 5. The molecule has 2 atom stereocenters. The number of nitrogens with two attached hydrogens (primary N) is 1. The number of carbonyl (C=O) groups is 3. The molecule has 2 rings (SSSR count). The van der Waals surface area contributed by atoms with Gasteiger partial charge in [-0.15, -0.1) is 0 Å². The number of nitrogens with one attached hydrogen (secondary N) is 5. The summed E-state index contributed by atoms with van der Waals surface area (Å²) in [5.74, 6) is -1.86. The second-order valence-corrected chi connectivity index (χ2v) is 8.07. The molecule has 0 spiro atoms. The van der Waals surface area contributed by atoms with E-state index in [1.54, 1.807) is 24.3 Å². The zero-order valence-electron chi connectivity index (χ0n) is 19.6. The Hall–Kier alpha value is -3.92. The number of amides is 2. The Morgan fingerprint density at radius 1 is 0.886 bits per heavy atom. The summed E-state index contributed by atoms with van der Waals surface area (Å²) in [6, 6.07) is 17.1. The van der Waals surface area contributed by atoms with E-state index in [9.17, 15) is 14.4 Å². The fourth-order valence-electron chi connectivity index (χ4n) is 3.46. The van der Waals surface area contributed by atoms with E-state index in [2.05, 4.69) is 21.3 Å². The Labute approximate surface area is 205 Å². The van der Waals surface area contributed by atoms with Crippen molar-refractivity contribution < 1.29 is 19.5 Å². The highest BCUT2D eigenvalue weighted by molar-refractivity contribution is 5.97. The molecule has 0 bridgehead atoms.